The molecule has 0 aliphatic carbocycles. The first kappa shape index (κ1) is 11.8. The number of nitrogens with zero attached hydrogens (tertiary/aromatic N) is 2. The number of benzene rings is 2. The lowest BCUT2D eigenvalue weighted by molar-refractivity contribution is 0.475. The highest BCUT2D eigenvalue weighted by Gasteiger charge is 2.14. The summed E-state index contributed by atoms with van der Waals surface area (Å²) in [4.78, 5) is 4.71. The summed E-state index contributed by atoms with van der Waals surface area (Å²) in [7, 11) is 0. The Kier molecular flexibility index (Phi) is 2.75. The molecule has 2 aromatic carbocycles. The topological polar surface area (TPSA) is 38.0 Å². The number of rotatable bonds is 2. The van der Waals surface area contributed by atoms with Gasteiger partial charge < -0.3 is 5.11 Å². The van der Waals surface area contributed by atoms with Crippen LogP contribution in [0.25, 0.3) is 16.7 Å². The van der Waals surface area contributed by atoms with Crippen LogP contribution >= 0.6 is 0 Å². The molecule has 3 heteroatoms. The number of phenolic OH excluding ortho intramolecular Hbond substituents is 1. The number of para-hydroxylation sites is 2. The van der Waals surface area contributed by atoms with Gasteiger partial charge >= 0.3 is 0 Å². The second-order valence-electron chi connectivity index (χ2n) is 4.97. The third-order valence-electron chi connectivity index (χ3n) is 3.21. The fraction of sp³-hybridized carbons (Fsp3) is 0.188. The zero-order valence-electron chi connectivity index (χ0n) is 11.0. The quantitative estimate of drug-likeness (QED) is 0.752. The minimum absolute atomic E-state index is 0.277. The van der Waals surface area contributed by atoms with Crippen molar-refractivity contribution in [3.63, 3.8) is 0 Å². The van der Waals surface area contributed by atoms with Crippen molar-refractivity contribution >= 4 is 11.0 Å². The van der Waals surface area contributed by atoms with Crippen LogP contribution in [0.2, 0.25) is 0 Å². The second-order valence-corrected chi connectivity index (χ2v) is 4.97. The molecule has 3 nitrogen and oxygen atoms in total. The molecule has 1 heterocycles. The van der Waals surface area contributed by atoms with Crippen molar-refractivity contribution in [3.05, 3.63) is 54.4 Å². The van der Waals surface area contributed by atoms with Crippen molar-refractivity contribution in [1.82, 2.24) is 9.55 Å². The van der Waals surface area contributed by atoms with Gasteiger partial charge in [-0.3, -0.25) is 4.57 Å². The first-order valence-electron chi connectivity index (χ1n) is 6.43. The first-order valence-corrected chi connectivity index (χ1v) is 6.43. The van der Waals surface area contributed by atoms with Gasteiger partial charge in [0.1, 0.15) is 11.6 Å². The molecule has 0 radical (unpaired) electrons. The van der Waals surface area contributed by atoms with Crippen LogP contribution in [0.4, 0.5) is 0 Å². The van der Waals surface area contributed by atoms with Gasteiger partial charge in [-0.2, -0.15) is 0 Å². The van der Waals surface area contributed by atoms with Crippen LogP contribution in [0.15, 0.2) is 48.5 Å². The van der Waals surface area contributed by atoms with Gasteiger partial charge in [0, 0.05) is 11.6 Å². The number of fused-ring (bicyclic) bond motifs is 1. The predicted octanol–water partition coefficient (Wildman–Crippen LogP) is 3.85. The van der Waals surface area contributed by atoms with E-state index in [4.69, 9.17) is 4.98 Å². The summed E-state index contributed by atoms with van der Waals surface area (Å²) in [5.41, 5.74) is 3.12. The molecule has 0 saturated carbocycles. The molecule has 0 bridgehead atoms. The molecule has 96 valence electrons. The molecule has 1 aromatic heterocycles. The lowest BCUT2D eigenvalue weighted by Crippen LogP contribution is -2.02. The molecule has 0 spiro atoms. The summed E-state index contributed by atoms with van der Waals surface area (Å²) in [5, 5.41) is 9.42. The maximum Gasteiger partial charge on any atom is 0.117 e. The number of hydrogen-bond donors (Lipinski definition) is 1. The van der Waals surface area contributed by atoms with Gasteiger partial charge in [0.25, 0.3) is 0 Å². The number of hydrogen-bond acceptors (Lipinski definition) is 2. The number of aromatic nitrogens is 2. The Bertz CT molecular complexity index is 711. The molecule has 0 amide bonds. The van der Waals surface area contributed by atoms with E-state index >= 15 is 0 Å². The van der Waals surface area contributed by atoms with Crippen LogP contribution < -0.4 is 0 Å². The summed E-state index contributed by atoms with van der Waals surface area (Å²) < 4.78 is 2.15. The molecule has 0 unspecified atom stereocenters. The minimum Gasteiger partial charge on any atom is -0.508 e. The lowest BCUT2D eigenvalue weighted by Gasteiger charge is -2.11. The number of imidazole rings is 1. The highest BCUT2D eigenvalue weighted by molar-refractivity contribution is 5.78. The summed E-state index contributed by atoms with van der Waals surface area (Å²) in [6, 6.07) is 15.3. The van der Waals surface area contributed by atoms with E-state index in [9.17, 15) is 5.11 Å². The first-order chi connectivity index (χ1) is 9.16. The zero-order chi connectivity index (χ0) is 13.4. The SMILES string of the molecule is CC(C)c1nc2ccccc2n1-c1ccc(O)cc1. The van der Waals surface area contributed by atoms with Crippen LogP contribution in [-0.2, 0) is 0 Å². The van der Waals surface area contributed by atoms with Crippen molar-refractivity contribution in [2.24, 2.45) is 0 Å². The largest absolute Gasteiger partial charge is 0.508 e. The maximum absolute atomic E-state index is 9.42. The Morgan fingerprint density at radius 3 is 2.37 bits per heavy atom. The van der Waals surface area contributed by atoms with Gasteiger partial charge in [-0.25, -0.2) is 4.98 Å². The molecule has 19 heavy (non-hydrogen) atoms. The Morgan fingerprint density at radius 1 is 1.00 bits per heavy atom. The lowest BCUT2D eigenvalue weighted by atomic mass is 10.2. The molecule has 0 aliphatic heterocycles. The standard InChI is InChI=1S/C16H16N2O/c1-11(2)16-17-14-5-3-4-6-15(14)18(16)12-7-9-13(19)10-8-12/h3-11,19H,1-2H3. The normalized spacial score (nSPS) is 11.3. The number of phenols is 1. The van der Waals surface area contributed by atoms with E-state index in [2.05, 4.69) is 24.5 Å². The highest BCUT2D eigenvalue weighted by atomic mass is 16.3. The second kappa shape index (κ2) is 4.43. The van der Waals surface area contributed by atoms with Crippen LogP contribution in [0.5, 0.6) is 5.75 Å². The van der Waals surface area contributed by atoms with Gasteiger partial charge in [0.2, 0.25) is 0 Å². The van der Waals surface area contributed by atoms with Crippen LogP contribution in [0, 0.1) is 0 Å². The molecular formula is C16H16N2O. The maximum atomic E-state index is 9.42. The molecule has 0 atom stereocenters. The summed E-state index contributed by atoms with van der Waals surface area (Å²) in [5.74, 6) is 1.65. The molecule has 0 saturated heterocycles. The monoisotopic (exact) mass is 252 g/mol. The fourth-order valence-electron chi connectivity index (χ4n) is 2.30. The number of aromatic hydroxyl groups is 1. The van der Waals surface area contributed by atoms with Crippen molar-refractivity contribution < 1.29 is 5.11 Å². The Labute approximate surface area is 112 Å². The summed E-state index contributed by atoms with van der Waals surface area (Å²) in [6.07, 6.45) is 0. The third kappa shape index (κ3) is 1.97. The summed E-state index contributed by atoms with van der Waals surface area (Å²) in [6.45, 7) is 4.27. The van der Waals surface area contributed by atoms with Gasteiger partial charge in [-0.1, -0.05) is 26.0 Å². The zero-order valence-corrected chi connectivity index (χ0v) is 11.0. The van der Waals surface area contributed by atoms with Crippen molar-refractivity contribution in [1.29, 1.82) is 0 Å². The molecule has 0 fully saturated rings. The van der Waals surface area contributed by atoms with Crippen LogP contribution in [0.1, 0.15) is 25.6 Å². The Morgan fingerprint density at radius 2 is 1.68 bits per heavy atom. The minimum atomic E-state index is 0.277. The van der Waals surface area contributed by atoms with E-state index in [1.807, 2.05) is 30.3 Å². The Balaban J connectivity index is 2.31. The van der Waals surface area contributed by atoms with E-state index in [0.29, 0.717) is 5.92 Å². The van der Waals surface area contributed by atoms with Crippen LogP contribution in [-0.4, -0.2) is 14.7 Å². The molecule has 0 aliphatic rings. The van der Waals surface area contributed by atoms with E-state index in [0.717, 1.165) is 22.5 Å². The van der Waals surface area contributed by atoms with Crippen molar-refractivity contribution in [3.8, 4) is 11.4 Å². The van der Waals surface area contributed by atoms with Gasteiger partial charge in [0.15, 0.2) is 0 Å². The van der Waals surface area contributed by atoms with E-state index in [1.54, 1.807) is 12.1 Å². The fourth-order valence-corrected chi connectivity index (χ4v) is 2.30. The van der Waals surface area contributed by atoms with E-state index < -0.39 is 0 Å². The van der Waals surface area contributed by atoms with Crippen molar-refractivity contribution in [2.75, 3.05) is 0 Å². The van der Waals surface area contributed by atoms with E-state index in [1.165, 1.54) is 0 Å². The van der Waals surface area contributed by atoms with Gasteiger partial charge in [-0.15, -0.1) is 0 Å². The third-order valence-corrected chi connectivity index (χ3v) is 3.21. The average molecular weight is 252 g/mol. The van der Waals surface area contributed by atoms with Gasteiger partial charge in [0.05, 0.1) is 11.0 Å². The molecular weight excluding hydrogens is 236 g/mol. The smallest absolute Gasteiger partial charge is 0.117 e. The van der Waals surface area contributed by atoms with E-state index in [-0.39, 0.29) is 5.75 Å². The summed E-state index contributed by atoms with van der Waals surface area (Å²) >= 11 is 0. The average Bonchev–Trinajstić information content (AvgIpc) is 2.79. The van der Waals surface area contributed by atoms with Gasteiger partial charge in [-0.05, 0) is 36.4 Å². The molecule has 1 N–H and O–H groups in total. The Hall–Kier alpha value is -2.29. The predicted molar refractivity (Wildman–Crippen MR) is 76.8 cm³/mol. The van der Waals surface area contributed by atoms with Crippen LogP contribution in [0.3, 0.4) is 0 Å². The highest BCUT2D eigenvalue weighted by Crippen LogP contribution is 2.26. The molecule has 3 aromatic rings. The molecule has 3 rings (SSSR count). The van der Waals surface area contributed by atoms with Crippen molar-refractivity contribution in [2.45, 2.75) is 19.8 Å².